The lowest BCUT2D eigenvalue weighted by molar-refractivity contribution is 0.516. The SMILES string of the molecule is CCn1ncnc1CC(NN)c1cc2c(s1)CCCC2. The van der Waals surface area contributed by atoms with E-state index in [2.05, 4.69) is 28.5 Å². The molecule has 0 aromatic carbocycles. The van der Waals surface area contributed by atoms with Crippen LogP contribution in [0.4, 0.5) is 0 Å². The Kier molecular flexibility index (Phi) is 4.14. The third kappa shape index (κ3) is 2.63. The molecule has 0 spiro atoms. The monoisotopic (exact) mass is 291 g/mol. The van der Waals surface area contributed by atoms with Crippen LogP contribution in [0.3, 0.4) is 0 Å². The van der Waals surface area contributed by atoms with Crippen LogP contribution in [0.15, 0.2) is 12.4 Å². The minimum Gasteiger partial charge on any atom is -0.271 e. The number of nitrogens with one attached hydrogen (secondary N) is 1. The fourth-order valence-electron chi connectivity index (χ4n) is 2.82. The number of nitrogens with two attached hydrogens (primary N) is 1. The Hall–Kier alpha value is -1.24. The van der Waals surface area contributed by atoms with Gasteiger partial charge in [0.25, 0.3) is 0 Å². The molecule has 20 heavy (non-hydrogen) atoms. The van der Waals surface area contributed by atoms with Gasteiger partial charge in [-0.15, -0.1) is 11.3 Å². The van der Waals surface area contributed by atoms with Gasteiger partial charge in [0.1, 0.15) is 12.2 Å². The van der Waals surface area contributed by atoms with Crippen LogP contribution < -0.4 is 11.3 Å². The van der Waals surface area contributed by atoms with E-state index in [1.54, 1.807) is 11.2 Å². The van der Waals surface area contributed by atoms with Crippen LogP contribution in [0.5, 0.6) is 0 Å². The zero-order chi connectivity index (χ0) is 13.9. The van der Waals surface area contributed by atoms with E-state index < -0.39 is 0 Å². The molecule has 0 fully saturated rings. The van der Waals surface area contributed by atoms with Gasteiger partial charge in [0.05, 0.1) is 6.04 Å². The first-order valence-corrected chi connectivity index (χ1v) is 8.07. The summed E-state index contributed by atoms with van der Waals surface area (Å²) in [6.07, 6.45) is 7.47. The van der Waals surface area contributed by atoms with Gasteiger partial charge < -0.3 is 0 Å². The topological polar surface area (TPSA) is 68.8 Å². The number of hydrogen-bond donors (Lipinski definition) is 2. The van der Waals surface area contributed by atoms with E-state index in [-0.39, 0.29) is 6.04 Å². The molecule has 0 aliphatic heterocycles. The zero-order valence-corrected chi connectivity index (χ0v) is 12.6. The largest absolute Gasteiger partial charge is 0.271 e. The Balaban J connectivity index is 1.81. The Morgan fingerprint density at radius 2 is 2.30 bits per heavy atom. The summed E-state index contributed by atoms with van der Waals surface area (Å²) in [5, 5.41) is 4.22. The van der Waals surface area contributed by atoms with Gasteiger partial charge in [-0.25, -0.2) is 4.98 Å². The van der Waals surface area contributed by atoms with Crippen LogP contribution in [0.2, 0.25) is 0 Å². The maximum absolute atomic E-state index is 5.77. The van der Waals surface area contributed by atoms with Gasteiger partial charge >= 0.3 is 0 Å². The number of aryl methyl sites for hydroxylation is 3. The zero-order valence-electron chi connectivity index (χ0n) is 11.8. The molecule has 108 valence electrons. The number of hydrogen-bond acceptors (Lipinski definition) is 5. The number of rotatable bonds is 5. The summed E-state index contributed by atoms with van der Waals surface area (Å²) in [7, 11) is 0. The van der Waals surface area contributed by atoms with E-state index in [0.717, 1.165) is 18.8 Å². The predicted octanol–water partition coefficient (Wildman–Crippen LogP) is 1.99. The van der Waals surface area contributed by atoms with Gasteiger partial charge in [-0.3, -0.25) is 16.0 Å². The van der Waals surface area contributed by atoms with E-state index in [0.29, 0.717) is 0 Å². The normalized spacial score (nSPS) is 16.1. The maximum Gasteiger partial charge on any atom is 0.138 e. The number of nitrogens with zero attached hydrogens (tertiary/aromatic N) is 3. The summed E-state index contributed by atoms with van der Waals surface area (Å²) >= 11 is 1.90. The molecule has 0 amide bonds. The lowest BCUT2D eigenvalue weighted by Gasteiger charge is -2.13. The highest BCUT2D eigenvalue weighted by Gasteiger charge is 2.20. The van der Waals surface area contributed by atoms with Crippen LogP contribution in [0, 0.1) is 0 Å². The molecule has 0 bridgehead atoms. The minimum absolute atomic E-state index is 0.125. The second kappa shape index (κ2) is 6.03. The molecule has 0 saturated carbocycles. The Labute approximate surface area is 123 Å². The van der Waals surface area contributed by atoms with Gasteiger partial charge in [-0.1, -0.05) is 0 Å². The van der Waals surface area contributed by atoms with Crippen molar-refractivity contribution in [3.05, 3.63) is 33.5 Å². The van der Waals surface area contributed by atoms with Gasteiger partial charge in [0.15, 0.2) is 0 Å². The van der Waals surface area contributed by atoms with Crippen molar-refractivity contribution in [2.24, 2.45) is 5.84 Å². The average molecular weight is 291 g/mol. The van der Waals surface area contributed by atoms with Crippen LogP contribution in [0.1, 0.15) is 46.9 Å². The van der Waals surface area contributed by atoms with Crippen molar-refractivity contribution in [2.45, 2.75) is 51.6 Å². The van der Waals surface area contributed by atoms with Crippen LogP contribution in [-0.4, -0.2) is 14.8 Å². The fourth-order valence-corrected chi connectivity index (χ4v) is 4.14. The number of hydrazine groups is 1. The van der Waals surface area contributed by atoms with E-state index >= 15 is 0 Å². The lowest BCUT2D eigenvalue weighted by atomic mass is 9.98. The first-order valence-electron chi connectivity index (χ1n) is 7.26. The molecule has 3 N–H and O–H groups in total. The fraction of sp³-hybridized carbons (Fsp3) is 0.571. The molecule has 6 heteroatoms. The maximum atomic E-state index is 5.77. The summed E-state index contributed by atoms with van der Waals surface area (Å²) in [5.41, 5.74) is 4.47. The van der Waals surface area contributed by atoms with E-state index in [4.69, 9.17) is 5.84 Å². The molecule has 5 nitrogen and oxygen atoms in total. The number of thiophene rings is 1. The van der Waals surface area contributed by atoms with Crippen molar-refractivity contribution in [3.63, 3.8) is 0 Å². The van der Waals surface area contributed by atoms with Crippen LogP contribution in [0.25, 0.3) is 0 Å². The first-order chi connectivity index (χ1) is 9.81. The van der Waals surface area contributed by atoms with Crippen LogP contribution >= 0.6 is 11.3 Å². The van der Waals surface area contributed by atoms with Gasteiger partial charge in [0, 0.05) is 22.7 Å². The van der Waals surface area contributed by atoms with Gasteiger partial charge in [-0.05, 0) is 44.2 Å². The summed E-state index contributed by atoms with van der Waals surface area (Å²) in [5.74, 6) is 6.76. The third-order valence-electron chi connectivity index (χ3n) is 3.94. The predicted molar refractivity (Wildman–Crippen MR) is 80.4 cm³/mol. The molecule has 1 aliphatic rings. The van der Waals surface area contributed by atoms with Crippen molar-refractivity contribution >= 4 is 11.3 Å². The molecule has 0 radical (unpaired) electrons. The average Bonchev–Trinajstić information content (AvgIpc) is 3.10. The molecule has 2 aromatic rings. The highest BCUT2D eigenvalue weighted by Crippen LogP contribution is 2.33. The molecule has 2 heterocycles. The van der Waals surface area contributed by atoms with E-state index in [1.165, 1.54) is 36.1 Å². The summed E-state index contributed by atoms with van der Waals surface area (Å²) in [4.78, 5) is 7.21. The van der Waals surface area contributed by atoms with Crippen LogP contribution in [-0.2, 0) is 25.8 Å². The molecule has 2 aromatic heterocycles. The summed E-state index contributed by atoms with van der Waals surface area (Å²) in [6.45, 7) is 2.92. The van der Waals surface area contributed by atoms with Gasteiger partial charge in [-0.2, -0.15) is 5.10 Å². The smallest absolute Gasteiger partial charge is 0.138 e. The summed E-state index contributed by atoms with van der Waals surface area (Å²) < 4.78 is 1.93. The Bertz CT molecular complexity index is 550. The third-order valence-corrected chi connectivity index (χ3v) is 5.29. The minimum atomic E-state index is 0.125. The van der Waals surface area contributed by atoms with Crippen molar-refractivity contribution in [1.29, 1.82) is 0 Å². The molecule has 1 aliphatic carbocycles. The number of aromatic nitrogens is 3. The van der Waals surface area contributed by atoms with Crippen molar-refractivity contribution < 1.29 is 0 Å². The standard InChI is InChI=1S/C14H21N5S/c1-2-19-14(16-9-17-19)8-11(18-15)13-7-10-5-3-4-6-12(10)20-13/h7,9,11,18H,2-6,8,15H2,1H3. The quantitative estimate of drug-likeness (QED) is 0.653. The van der Waals surface area contributed by atoms with Crippen molar-refractivity contribution in [3.8, 4) is 0 Å². The first kappa shape index (κ1) is 13.7. The molecular formula is C14H21N5S. The lowest BCUT2D eigenvalue weighted by Crippen LogP contribution is -2.29. The van der Waals surface area contributed by atoms with Crippen molar-refractivity contribution in [1.82, 2.24) is 20.2 Å². The van der Waals surface area contributed by atoms with E-state index in [9.17, 15) is 0 Å². The molecule has 1 unspecified atom stereocenters. The molecule has 3 rings (SSSR count). The summed E-state index contributed by atoms with van der Waals surface area (Å²) in [6, 6.07) is 2.45. The molecular weight excluding hydrogens is 270 g/mol. The highest BCUT2D eigenvalue weighted by atomic mass is 32.1. The second-order valence-corrected chi connectivity index (χ2v) is 6.39. The van der Waals surface area contributed by atoms with Crippen molar-refractivity contribution in [2.75, 3.05) is 0 Å². The molecule has 1 atom stereocenters. The number of fused-ring (bicyclic) bond motifs is 1. The van der Waals surface area contributed by atoms with E-state index in [1.807, 2.05) is 16.0 Å². The highest BCUT2D eigenvalue weighted by molar-refractivity contribution is 7.12. The van der Waals surface area contributed by atoms with Gasteiger partial charge in [0.2, 0.25) is 0 Å². The second-order valence-electron chi connectivity index (χ2n) is 5.22. The Morgan fingerprint density at radius 1 is 1.45 bits per heavy atom. The molecule has 0 saturated heterocycles. The Morgan fingerprint density at radius 3 is 3.05 bits per heavy atom.